The van der Waals surface area contributed by atoms with Crippen molar-refractivity contribution in [1.82, 2.24) is 4.98 Å². The molecular formula is C14H15N3O3. The zero-order valence-corrected chi connectivity index (χ0v) is 11.2. The van der Waals surface area contributed by atoms with Gasteiger partial charge in [0.1, 0.15) is 11.5 Å². The zero-order chi connectivity index (χ0) is 14.5. The largest absolute Gasteiger partial charge is 0.497 e. The molecule has 2 rings (SSSR count). The number of hydrogen-bond acceptors (Lipinski definition) is 5. The van der Waals surface area contributed by atoms with Crippen molar-refractivity contribution in [1.29, 1.82) is 0 Å². The van der Waals surface area contributed by atoms with Gasteiger partial charge in [-0.3, -0.25) is 9.78 Å². The highest BCUT2D eigenvalue weighted by Crippen LogP contribution is 2.29. The summed E-state index contributed by atoms with van der Waals surface area (Å²) in [6.07, 6.45) is 2.94. The molecule has 0 spiro atoms. The normalized spacial score (nSPS) is 9.90. The summed E-state index contributed by atoms with van der Waals surface area (Å²) < 4.78 is 10.3. The lowest BCUT2D eigenvalue weighted by Crippen LogP contribution is -2.15. The van der Waals surface area contributed by atoms with Gasteiger partial charge in [0.05, 0.1) is 25.5 Å². The summed E-state index contributed by atoms with van der Waals surface area (Å²) in [6.45, 7) is 0. The van der Waals surface area contributed by atoms with Crippen molar-refractivity contribution >= 4 is 17.3 Å². The van der Waals surface area contributed by atoms with Crippen molar-refractivity contribution in [2.24, 2.45) is 0 Å². The van der Waals surface area contributed by atoms with Gasteiger partial charge >= 0.3 is 0 Å². The van der Waals surface area contributed by atoms with E-state index in [-0.39, 0.29) is 5.91 Å². The molecule has 1 aromatic carbocycles. The molecule has 1 aromatic heterocycles. The number of carbonyl (C=O) groups excluding carboxylic acids is 1. The van der Waals surface area contributed by atoms with Crippen molar-refractivity contribution in [3.8, 4) is 11.5 Å². The van der Waals surface area contributed by atoms with Crippen LogP contribution < -0.4 is 20.5 Å². The van der Waals surface area contributed by atoms with Gasteiger partial charge in [0.2, 0.25) is 0 Å². The van der Waals surface area contributed by atoms with E-state index in [9.17, 15) is 4.79 Å². The Morgan fingerprint density at radius 3 is 2.70 bits per heavy atom. The molecule has 0 aliphatic rings. The van der Waals surface area contributed by atoms with Crippen molar-refractivity contribution in [2.75, 3.05) is 25.3 Å². The molecule has 104 valence electrons. The van der Waals surface area contributed by atoms with Crippen LogP contribution in [0.4, 0.5) is 11.4 Å². The highest BCUT2D eigenvalue weighted by atomic mass is 16.5. The molecule has 0 atom stereocenters. The highest BCUT2D eigenvalue weighted by Gasteiger charge is 2.13. The third kappa shape index (κ3) is 2.80. The first-order valence-electron chi connectivity index (χ1n) is 5.88. The quantitative estimate of drug-likeness (QED) is 0.889. The second-order valence-electron chi connectivity index (χ2n) is 3.98. The molecule has 20 heavy (non-hydrogen) atoms. The second-order valence-corrected chi connectivity index (χ2v) is 3.98. The Hall–Kier alpha value is -2.76. The average Bonchev–Trinajstić information content (AvgIpc) is 2.47. The van der Waals surface area contributed by atoms with Gasteiger partial charge in [-0.2, -0.15) is 0 Å². The van der Waals surface area contributed by atoms with Crippen LogP contribution in [0.25, 0.3) is 0 Å². The summed E-state index contributed by atoms with van der Waals surface area (Å²) in [6, 6.07) is 6.69. The fraction of sp³-hybridized carbons (Fsp3) is 0.143. The molecular weight excluding hydrogens is 258 g/mol. The Morgan fingerprint density at radius 1 is 1.25 bits per heavy atom. The fourth-order valence-electron chi connectivity index (χ4n) is 1.70. The van der Waals surface area contributed by atoms with Crippen molar-refractivity contribution in [3.05, 3.63) is 42.2 Å². The molecule has 2 aromatic rings. The lowest BCUT2D eigenvalue weighted by Gasteiger charge is -2.12. The molecule has 0 saturated carbocycles. The number of ether oxygens (including phenoxy) is 2. The third-order valence-electron chi connectivity index (χ3n) is 2.75. The van der Waals surface area contributed by atoms with Crippen LogP contribution in [0.15, 0.2) is 36.7 Å². The number of benzene rings is 1. The lowest BCUT2D eigenvalue weighted by molar-refractivity contribution is 0.102. The van der Waals surface area contributed by atoms with Crippen LogP contribution in [0.1, 0.15) is 10.4 Å². The Balaban J connectivity index is 2.29. The molecule has 6 heteroatoms. The van der Waals surface area contributed by atoms with Crippen LogP contribution in [0, 0.1) is 0 Å². The average molecular weight is 273 g/mol. The molecule has 0 unspecified atom stereocenters. The molecule has 6 nitrogen and oxygen atoms in total. The van der Waals surface area contributed by atoms with Gasteiger partial charge in [-0.05, 0) is 18.2 Å². The van der Waals surface area contributed by atoms with Crippen molar-refractivity contribution in [2.45, 2.75) is 0 Å². The van der Waals surface area contributed by atoms with Gasteiger partial charge in [-0.15, -0.1) is 0 Å². The zero-order valence-electron chi connectivity index (χ0n) is 11.2. The number of rotatable bonds is 4. The monoisotopic (exact) mass is 273 g/mol. The second kappa shape index (κ2) is 5.92. The maximum Gasteiger partial charge on any atom is 0.259 e. The first-order chi connectivity index (χ1) is 9.65. The van der Waals surface area contributed by atoms with E-state index in [0.717, 1.165) is 0 Å². The predicted molar refractivity (Wildman–Crippen MR) is 76.1 cm³/mol. The van der Waals surface area contributed by atoms with Gasteiger partial charge in [-0.1, -0.05) is 0 Å². The number of nitrogen functional groups attached to an aromatic ring is 1. The summed E-state index contributed by atoms with van der Waals surface area (Å²) in [5.41, 5.74) is 6.91. The molecule has 0 bridgehead atoms. The van der Waals surface area contributed by atoms with Gasteiger partial charge < -0.3 is 20.5 Å². The van der Waals surface area contributed by atoms with Crippen LogP contribution in [0.5, 0.6) is 11.5 Å². The molecule has 0 radical (unpaired) electrons. The molecule has 1 heterocycles. The van der Waals surface area contributed by atoms with Crippen LogP contribution in [-0.2, 0) is 0 Å². The number of methoxy groups -OCH3 is 2. The number of anilines is 2. The fourth-order valence-corrected chi connectivity index (χ4v) is 1.70. The van der Waals surface area contributed by atoms with Crippen molar-refractivity contribution < 1.29 is 14.3 Å². The summed E-state index contributed by atoms with van der Waals surface area (Å²) >= 11 is 0. The highest BCUT2D eigenvalue weighted by molar-refractivity contribution is 6.08. The van der Waals surface area contributed by atoms with Crippen molar-refractivity contribution in [3.63, 3.8) is 0 Å². The summed E-state index contributed by atoms with van der Waals surface area (Å²) in [7, 11) is 3.07. The number of nitrogens with two attached hydrogens (primary N) is 1. The van der Waals surface area contributed by atoms with Gasteiger partial charge in [0.15, 0.2) is 0 Å². The topological polar surface area (TPSA) is 86.5 Å². The molecule has 1 amide bonds. The first kappa shape index (κ1) is 13.7. The number of amides is 1. The van der Waals surface area contributed by atoms with E-state index in [1.54, 1.807) is 31.4 Å². The minimum absolute atomic E-state index is 0.303. The number of nitrogens with one attached hydrogen (secondary N) is 1. The van der Waals surface area contributed by atoms with E-state index in [4.69, 9.17) is 15.2 Å². The number of aromatic nitrogens is 1. The van der Waals surface area contributed by atoms with E-state index in [1.165, 1.54) is 19.5 Å². The lowest BCUT2D eigenvalue weighted by atomic mass is 10.2. The van der Waals surface area contributed by atoms with E-state index >= 15 is 0 Å². The predicted octanol–water partition coefficient (Wildman–Crippen LogP) is 1.93. The number of hydrogen-bond donors (Lipinski definition) is 2. The summed E-state index contributed by atoms with van der Waals surface area (Å²) in [4.78, 5) is 16.1. The Bertz CT molecular complexity index is 629. The van der Waals surface area contributed by atoms with Gasteiger partial charge in [0.25, 0.3) is 5.91 Å². The number of pyridine rings is 1. The van der Waals surface area contributed by atoms with E-state index < -0.39 is 0 Å². The minimum Gasteiger partial charge on any atom is -0.497 e. The van der Waals surface area contributed by atoms with Crippen LogP contribution in [-0.4, -0.2) is 25.1 Å². The number of carbonyl (C=O) groups is 1. The van der Waals surface area contributed by atoms with Gasteiger partial charge in [0, 0.05) is 24.1 Å². The smallest absolute Gasteiger partial charge is 0.259 e. The van der Waals surface area contributed by atoms with E-state index in [1.807, 2.05) is 0 Å². The van der Waals surface area contributed by atoms with Crippen LogP contribution in [0.2, 0.25) is 0 Å². The molecule has 3 N–H and O–H groups in total. The summed E-state index contributed by atoms with van der Waals surface area (Å²) in [5, 5.41) is 2.73. The molecule has 0 aliphatic carbocycles. The van der Waals surface area contributed by atoms with E-state index in [2.05, 4.69) is 10.3 Å². The van der Waals surface area contributed by atoms with E-state index in [0.29, 0.717) is 28.4 Å². The molecule has 0 fully saturated rings. The third-order valence-corrected chi connectivity index (χ3v) is 2.75. The standard InChI is InChI=1S/C14H15N3O3/c1-19-9-3-4-13(20-2)12(7-9)17-14(18)10-8-16-6-5-11(10)15/h3-8H,1-2H3,(H2,15,16)(H,17,18). The van der Waals surface area contributed by atoms with Gasteiger partial charge in [-0.25, -0.2) is 0 Å². The maximum absolute atomic E-state index is 12.2. The molecule has 0 saturated heterocycles. The Morgan fingerprint density at radius 2 is 2.05 bits per heavy atom. The first-order valence-corrected chi connectivity index (χ1v) is 5.88. The van der Waals surface area contributed by atoms with Crippen LogP contribution >= 0.6 is 0 Å². The molecule has 0 aliphatic heterocycles. The summed E-state index contributed by atoms with van der Waals surface area (Å²) in [5.74, 6) is 0.782. The van der Waals surface area contributed by atoms with Crippen LogP contribution in [0.3, 0.4) is 0 Å². The minimum atomic E-state index is -0.359. The Kier molecular flexibility index (Phi) is 4.05. The SMILES string of the molecule is COc1ccc(OC)c(NC(=O)c2cnccc2N)c1. The maximum atomic E-state index is 12.2. The Labute approximate surface area is 116 Å². The number of nitrogens with zero attached hydrogens (tertiary/aromatic N) is 1.